The van der Waals surface area contributed by atoms with Gasteiger partial charge in [0.25, 0.3) is 0 Å². The molecule has 1 saturated carbocycles. The summed E-state index contributed by atoms with van der Waals surface area (Å²) < 4.78 is 0. The van der Waals surface area contributed by atoms with Crippen molar-refractivity contribution in [2.24, 2.45) is 23.5 Å². The summed E-state index contributed by atoms with van der Waals surface area (Å²) in [6.07, 6.45) is 5.36. The second-order valence-corrected chi connectivity index (χ2v) is 6.22. The SMILES string of the molecule is CCCN(CC1CC1)C(=O)CC(CN)CC(C)C. The average molecular weight is 254 g/mol. The largest absolute Gasteiger partial charge is 0.342 e. The molecule has 1 rings (SSSR count). The maximum Gasteiger partial charge on any atom is 0.222 e. The maximum atomic E-state index is 12.3. The molecular formula is C15H30N2O. The molecule has 0 aromatic heterocycles. The van der Waals surface area contributed by atoms with Crippen molar-refractivity contribution in [3.63, 3.8) is 0 Å². The molecule has 0 spiro atoms. The lowest BCUT2D eigenvalue weighted by molar-refractivity contribution is -0.132. The Kier molecular flexibility index (Phi) is 6.69. The summed E-state index contributed by atoms with van der Waals surface area (Å²) in [5.74, 6) is 2.08. The van der Waals surface area contributed by atoms with Crippen LogP contribution in [0.5, 0.6) is 0 Å². The highest BCUT2D eigenvalue weighted by Gasteiger charge is 2.27. The topological polar surface area (TPSA) is 46.3 Å². The second kappa shape index (κ2) is 7.78. The Bertz CT molecular complexity index is 249. The average Bonchev–Trinajstić information content (AvgIpc) is 3.10. The molecule has 0 aromatic carbocycles. The molecule has 1 amide bonds. The lowest BCUT2D eigenvalue weighted by Crippen LogP contribution is -2.36. The summed E-state index contributed by atoms with van der Waals surface area (Å²) in [5.41, 5.74) is 5.79. The van der Waals surface area contributed by atoms with Gasteiger partial charge in [0, 0.05) is 19.5 Å². The predicted octanol–water partition coefficient (Wildman–Crippen LogP) is 2.65. The van der Waals surface area contributed by atoms with Gasteiger partial charge >= 0.3 is 0 Å². The summed E-state index contributed by atoms with van der Waals surface area (Å²) in [7, 11) is 0. The molecule has 18 heavy (non-hydrogen) atoms. The number of rotatable bonds is 9. The summed E-state index contributed by atoms with van der Waals surface area (Å²) in [6, 6.07) is 0. The van der Waals surface area contributed by atoms with E-state index in [9.17, 15) is 4.79 Å². The van der Waals surface area contributed by atoms with E-state index in [4.69, 9.17) is 5.73 Å². The monoisotopic (exact) mass is 254 g/mol. The molecule has 106 valence electrons. The first-order valence-electron chi connectivity index (χ1n) is 7.54. The first-order valence-corrected chi connectivity index (χ1v) is 7.54. The third kappa shape index (κ3) is 5.85. The minimum absolute atomic E-state index is 0.319. The van der Waals surface area contributed by atoms with E-state index >= 15 is 0 Å². The number of amides is 1. The summed E-state index contributed by atoms with van der Waals surface area (Å²) in [4.78, 5) is 14.4. The van der Waals surface area contributed by atoms with E-state index < -0.39 is 0 Å². The van der Waals surface area contributed by atoms with Gasteiger partial charge in [-0.15, -0.1) is 0 Å². The smallest absolute Gasteiger partial charge is 0.222 e. The van der Waals surface area contributed by atoms with Crippen LogP contribution in [-0.4, -0.2) is 30.4 Å². The quantitative estimate of drug-likeness (QED) is 0.687. The Hall–Kier alpha value is -0.570. The van der Waals surface area contributed by atoms with Crippen LogP contribution in [0.1, 0.15) is 52.9 Å². The molecule has 0 bridgehead atoms. The van der Waals surface area contributed by atoms with Gasteiger partial charge in [0.15, 0.2) is 0 Å². The van der Waals surface area contributed by atoms with Gasteiger partial charge in [0.2, 0.25) is 5.91 Å². The zero-order chi connectivity index (χ0) is 13.5. The van der Waals surface area contributed by atoms with E-state index in [-0.39, 0.29) is 0 Å². The molecule has 0 saturated heterocycles. The van der Waals surface area contributed by atoms with Crippen molar-refractivity contribution in [3.8, 4) is 0 Å². The van der Waals surface area contributed by atoms with Crippen LogP contribution in [0.25, 0.3) is 0 Å². The van der Waals surface area contributed by atoms with Gasteiger partial charge in [0.05, 0.1) is 0 Å². The normalized spacial score (nSPS) is 16.9. The third-order valence-electron chi connectivity index (χ3n) is 3.62. The number of nitrogens with zero attached hydrogens (tertiary/aromatic N) is 1. The van der Waals surface area contributed by atoms with Crippen LogP contribution in [-0.2, 0) is 4.79 Å². The molecule has 1 unspecified atom stereocenters. The molecule has 1 atom stereocenters. The first kappa shape index (κ1) is 15.5. The van der Waals surface area contributed by atoms with E-state index in [0.29, 0.717) is 30.7 Å². The zero-order valence-corrected chi connectivity index (χ0v) is 12.3. The van der Waals surface area contributed by atoms with Gasteiger partial charge in [-0.05, 0) is 50.0 Å². The number of hydrogen-bond donors (Lipinski definition) is 1. The van der Waals surface area contributed by atoms with Crippen LogP contribution in [0.15, 0.2) is 0 Å². The van der Waals surface area contributed by atoms with Gasteiger partial charge in [-0.2, -0.15) is 0 Å². The highest BCUT2D eigenvalue weighted by Crippen LogP contribution is 2.30. The first-order chi connectivity index (χ1) is 8.56. The Morgan fingerprint density at radius 1 is 1.39 bits per heavy atom. The van der Waals surface area contributed by atoms with Gasteiger partial charge in [-0.3, -0.25) is 4.79 Å². The molecule has 3 nitrogen and oxygen atoms in total. The molecular weight excluding hydrogens is 224 g/mol. The van der Waals surface area contributed by atoms with Crippen LogP contribution in [0.4, 0.5) is 0 Å². The fraction of sp³-hybridized carbons (Fsp3) is 0.933. The standard InChI is InChI=1S/C15H30N2O/c1-4-7-17(11-13-5-6-13)15(18)9-14(10-16)8-12(2)3/h12-14H,4-11,16H2,1-3H3. The Labute approximate surface area is 112 Å². The molecule has 1 fully saturated rings. The fourth-order valence-electron chi connectivity index (χ4n) is 2.51. The van der Waals surface area contributed by atoms with Crippen molar-refractivity contribution < 1.29 is 4.79 Å². The van der Waals surface area contributed by atoms with Crippen LogP contribution < -0.4 is 5.73 Å². The highest BCUT2D eigenvalue weighted by atomic mass is 16.2. The summed E-state index contributed by atoms with van der Waals surface area (Å²) >= 11 is 0. The zero-order valence-electron chi connectivity index (χ0n) is 12.3. The summed E-state index contributed by atoms with van der Waals surface area (Å²) in [6.45, 7) is 9.05. The van der Waals surface area contributed by atoms with Crippen molar-refractivity contribution >= 4 is 5.91 Å². The van der Waals surface area contributed by atoms with Crippen LogP contribution in [0.2, 0.25) is 0 Å². The lowest BCUT2D eigenvalue weighted by atomic mass is 9.93. The van der Waals surface area contributed by atoms with Crippen LogP contribution in [0.3, 0.4) is 0 Å². The highest BCUT2D eigenvalue weighted by molar-refractivity contribution is 5.76. The molecule has 1 aliphatic rings. The Balaban J connectivity index is 2.41. The van der Waals surface area contributed by atoms with E-state index in [1.807, 2.05) is 0 Å². The van der Waals surface area contributed by atoms with Gasteiger partial charge in [-0.25, -0.2) is 0 Å². The van der Waals surface area contributed by atoms with E-state index in [2.05, 4.69) is 25.7 Å². The maximum absolute atomic E-state index is 12.3. The molecule has 0 aliphatic heterocycles. The van der Waals surface area contributed by atoms with Gasteiger partial charge in [-0.1, -0.05) is 20.8 Å². The Morgan fingerprint density at radius 2 is 2.06 bits per heavy atom. The van der Waals surface area contributed by atoms with E-state index in [1.165, 1.54) is 12.8 Å². The second-order valence-electron chi connectivity index (χ2n) is 6.22. The van der Waals surface area contributed by atoms with Crippen molar-refractivity contribution in [2.45, 2.75) is 52.9 Å². The third-order valence-corrected chi connectivity index (χ3v) is 3.62. The van der Waals surface area contributed by atoms with Crippen LogP contribution in [0, 0.1) is 17.8 Å². The number of hydrogen-bond acceptors (Lipinski definition) is 2. The minimum atomic E-state index is 0.319. The minimum Gasteiger partial charge on any atom is -0.342 e. The number of nitrogens with two attached hydrogens (primary N) is 1. The molecule has 3 heteroatoms. The Morgan fingerprint density at radius 3 is 2.50 bits per heavy atom. The van der Waals surface area contributed by atoms with E-state index in [0.717, 1.165) is 31.8 Å². The molecule has 0 aromatic rings. The summed E-state index contributed by atoms with van der Waals surface area (Å²) in [5, 5.41) is 0. The molecule has 0 heterocycles. The van der Waals surface area contributed by atoms with Crippen molar-refractivity contribution in [2.75, 3.05) is 19.6 Å². The van der Waals surface area contributed by atoms with Gasteiger partial charge < -0.3 is 10.6 Å². The predicted molar refractivity (Wildman–Crippen MR) is 76.2 cm³/mol. The van der Waals surface area contributed by atoms with Crippen molar-refractivity contribution in [3.05, 3.63) is 0 Å². The van der Waals surface area contributed by atoms with Gasteiger partial charge in [0.1, 0.15) is 0 Å². The lowest BCUT2D eigenvalue weighted by Gasteiger charge is -2.25. The number of carbonyl (C=O) groups excluding carboxylic acids is 1. The molecule has 0 radical (unpaired) electrons. The number of carbonyl (C=O) groups is 1. The fourth-order valence-corrected chi connectivity index (χ4v) is 2.51. The van der Waals surface area contributed by atoms with E-state index in [1.54, 1.807) is 0 Å². The van der Waals surface area contributed by atoms with Crippen molar-refractivity contribution in [1.82, 2.24) is 4.90 Å². The molecule has 2 N–H and O–H groups in total. The van der Waals surface area contributed by atoms with Crippen LogP contribution >= 0.6 is 0 Å². The van der Waals surface area contributed by atoms with Crippen molar-refractivity contribution in [1.29, 1.82) is 0 Å². The molecule has 1 aliphatic carbocycles.